The molecule has 1 aliphatic rings. The molecule has 6 heteroatoms. The van der Waals surface area contributed by atoms with Crippen molar-refractivity contribution in [3.8, 4) is 16.9 Å². The van der Waals surface area contributed by atoms with Crippen LogP contribution in [0.1, 0.15) is 33.1 Å². The number of nitrogens with zero attached hydrogens (tertiary/aromatic N) is 3. The van der Waals surface area contributed by atoms with Gasteiger partial charge in [0.2, 0.25) is 5.91 Å². The van der Waals surface area contributed by atoms with Gasteiger partial charge in [-0.15, -0.1) is 0 Å². The average Bonchev–Trinajstić information content (AvgIpc) is 3.39. The summed E-state index contributed by atoms with van der Waals surface area (Å²) >= 11 is 6.63. The van der Waals surface area contributed by atoms with Gasteiger partial charge in [-0.1, -0.05) is 115 Å². The summed E-state index contributed by atoms with van der Waals surface area (Å²) in [5.74, 6) is -0.354. The molecule has 0 aliphatic carbocycles. The molecule has 0 radical (unpaired) electrons. The van der Waals surface area contributed by atoms with E-state index in [9.17, 15) is 9.59 Å². The van der Waals surface area contributed by atoms with E-state index in [-0.39, 0.29) is 17.7 Å². The number of carbonyl (C=O) groups excluding carboxylic acids is 2. The van der Waals surface area contributed by atoms with E-state index in [0.717, 1.165) is 33.8 Å². The van der Waals surface area contributed by atoms with Gasteiger partial charge in [0.25, 0.3) is 5.91 Å². The van der Waals surface area contributed by atoms with Crippen LogP contribution in [-0.2, 0) is 4.79 Å². The Labute approximate surface area is 251 Å². The second-order valence-electron chi connectivity index (χ2n) is 10.6. The van der Waals surface area contributed by atoms with Crippen LogP contribution in [0.4, 0.5) is 0 Å². The Morgan fingerprint density at radius 1 is 0.667 bits per heavy atom. The monoisotopic (exact) mass is 573 g/mol. The van der Waals surface area contributed by atoms with Gasteiger partial charge in [-0.2, -0.15) is 0 Å². The van der Waals surface area contributed by atoms with Gasteiger partial charge in [-0.3, -0.25) is 9.59 Å². The Kier molecular flexibility index (Phi) is 7.93. The molecule has 0 bridgehead atoms. The molecule has 1 saturated heterocycles. The third kappa shape index (κ3) is 5.36. The third-order valence-corrected chi connectivity index (χ3v) is 8.35. The topological polar surface area (TPSA) is 45.6 Å². The van der Waals surface area contributed by atoms with E-state index < -0.39 is 0 Å². The van der Waals surface area contributed by atoms with Crippen LogP contribution in [-0.4, -0.2) is 52.4 Å². The molecule has 5 nitrogen and oxygen atoms in total. The van der Waals surface area contributed by atoms with Gasteiger partial charge in [-0.05, 0) is 41.8 Å². The van der Waals surface area contributed by atoms with E-state index >= 15 is 0 Å². The van der Waals surface area contributed by atoms with Crippen LogP contribution in [0.25, 0.3) is 16.9 Å². The molecule has 1 aromatic heterocycles. The molecule has 2 amide bonds. The average molecular weight is 574 g/mol. The van der Waals surface area contributed by atoms with Crippen molar-refractivity contribution in [2.24, 2.45) is 0 Å². The lowest BCUT2D eigenvalue weighted by atomic mass is 9.90. The molecule has 210 valence electrons. The summed E-state index contributed by atoms with van der Waals surface area (Å²) in [4.78, 5) is 31.6. The van der Waals surface area contributed by atoms with Gasteiger partial charge >= 0.3 is 0 Å². The number of hydrogen-bond donors (Lipinski definition) is 0. The highest BCUT2D eigenvalue weighted by atomic mass is 35.5. The number of para-hydroxylation sites is 1. The molecule has 0 atom stereocenters. The minimum absolute atomic E-state index is 0.0368. The highest BCUT2D eigenvalue weighted by Crippen LogP contribution is 2.33. The number of carbonyl (C=O) groups is 2. The van der Waals surface area contributed by atoms with Crippen LogP contribution in [0.2, 0.25) is 5.02 Å². The van der Waals surface area contributed by atoms with Crippen molar-refractivity contribution in [1.82, 2.24) is 14.4 Å². The van der Waals surface area contributed by atoms with Crippen molar-refractivity contribution in [2.45, 2.75) is 12.8 Å². The van der Waals surface area contributed by atoms with Crippen molar-refractivity contribution >= 4 is 23.4 Å². The summed E-state index contributed by atoms with van der Waals surface area (Å²) in [5.41, 5.74) is 6.15. The minimum atomic E-state index is -0.380. The van der Waals surface area contributed by atoms with Gasteiger partial charge in [0, 0.05) is 31.9 Å². The van der Waals surface area contributed by atoms with E-state index in [1.807, 2.05) is 138 Å². The van der Waals surface area contributed by atoms with Crippen molar-refractivity contribution < 1.29 is 9.59 Å². The SMILES string of the molecule is Cc1c(C(=O)N2CCN(C(=O)C(c3ccccc3)c3ccccc3)CC2)cc(-c2ccccc2)n1-c1ccccc1Cl. The number of aromatic nitrogens is 1. The Balaban J connectivity index is 1.25. The van der Waals surface area contributed by atoms with Crippen molar-refractivity contribution in [3.05, 3.63) is 149 Å². The third-order valence-electron chi connectivity index (χ3n) is 8.03. The molecular weight excluding hydrogens is 542 g/mol. The maximum absolute atomic E-state index is 14.0. The van der Waals surface area contributed by atoms with Crippen molar-refractivity contribution in [1.29, 1.82) is 0 Å². The molecule has 0 saturated carbocycles. The fraction of sp³-hybridized carbons (Fsp3) is 0.167. The first-order valence-electron chi connectivity index (χ1n) is 14.2. The molecule has 2 heterocycles. The summed E-state index contributed by atoms with van der Waals surface area (Å²) in [7, 11) is 0. The molecule has 4 aromatic carbocycles. The zero-order chi connectivity index (χ0) is 29.1. The second-order valence-corrected chi connectivity index (χ2v) is 11.0. The van der Waals surface area contributed by atoms with Crippen molar-refractivity contribution in [3.63, 3.8) is 0 Å². The summed E-state index contributed by atoms with van der Waals surface area (Å²) in [5, 5.41) is 0.617. The Morgan fingerprint density at radius 2 is 1.17 bits per heavy atom. The highest BCUT2D eigenvalue weighted by molar-refractivity contribution is 6.32. The molecule has 1 fully saturated rings. The normalized spacial score (nSPS) is 13.4. The Hall–Kier alpha value is -4.61. The van der Waals surface area contributed by atoms with Crippen LogP contribution in [0.15, 0.2) is 121 Å². The lowest BCUT2D eigenvalue weighted by Gasteiger charge is -2.36. The predicted molar refractivity (Wildman–Crippen MR) is 168 cm³/mol. The van der Waals surface area contributed by atoms with Crippen LogP contribution in [0, 0.1) is 6.92 Å². The summed E-state index contributed by atoms with van der Waals surface area (Å²) in [6.07, 6.45) is 0. The second kappa shape index (κ2) is 12.1. The maximum Gasteiger partial charge on any atom is 0.255 e. The molecule has 42 heavy (non-hydrogen) atoms. The summed E-state index contributed by atoms with van der Waals surface area (Å²) in [6, 6.07) is 39.5. The summed E-state index contributed by atoms with van der Waals surface area (Å²) in [6.45, 7) is 3.87. The number of hydrogen-bond acceptors (Lipinski definition) is 2. The first kappa shape index (κ1) is 27.6. The van der Waals surface area contributed by atoms with Crippen LogP contribution >= 0.6 is 11.6 Å². The first-order chi connectivity index (χ1) is 20.5. The smallest absolute Gasteiger partial charge is 0.255 e. The van der Waals surface area contributed by atoms with E-state index in [1.54, 1.807) is 0 Å². The van der Waals surface area contributed by atoms with Crippen molar-refractivity contribution in [2.75, 3.05) is 26.2 Å². The lowest BCUT2D eigenvalue weighted by Crippen LogP contribution is -2.51. The van der Waals surface area contributed by atoms with Gasteiger partial charge in [0.05, 0.1) is 27.9 Å². The number of rotatable bonds is 6. The fourth-order valence-corrected chi connectivity index (χ4v) is 6.06. The standard InChI is InChI=1S/C36H32ClN3O2/c1-26-30(25-33(27-13-5-2-6-14-27)40(26)32-20-12-11-19-31(32)37)35(41)38-21-23-39(24-22-38)36(42)34(28-15-7-3-8-16-28)29-17-9-4-10-18-29/h2-20,25,34H,21-24H2,1H3. The Morgan fingerprint density at radius 3 is 1.74 bits per heavy atom. The number of piperazine rings is 1. The molecule has 6 rings (SSSR count). The number of amides is 2. The van der Waals surface area contributed by atoms with Crippen LogP contribution in [0.3, 0.4) is 0 Å². The molecule has 0 N–H and O–H groups in total. The van der Waals surface area contributed by atoms with E-state index in [4.69, 9.17) is 11.6 Å². The van der Waals surface area contributed by atoms with Gasteiger partial charge in [-0.25, -0.2) is 0 Å². The quantitative estimate of drug-likeness (QED) is 0.215. The number of halogens is 1. The van der Waals surface area contributed by atoms with E-state index in [2.05, 4.69) is 4.57 Å². The highest BCUT2D eigenvalue weighted by Gasteiger charge is 2.32. The molecule has 5 aromatic rings. The lowest BCUT2D eigenvalue weighted by molar-refractivity contribution is -0.133. The van der Waals surface area contributed by atoms with E-state index in [1.165, 1.54) is 0 Å². The van der Waals surface area contributed by atoms with Gasteiger partial charge in [0.15, 0.2) is 0 Å². The van der Waals surface area contributed by atoms with Gasteiger partial charge in [0.1, 0.15) is 0 Å². The first-order valence-corrected chi connectivity index (χ1v) is 14.6. The van der Waals surface area contributed by atoms with Crippen LogP contribution < -0.4 is 0 Å². The predicted octanol–water partition coefficient (Wildman–Crippen LogP) is 7.22. The fourth-order valence-electron chi connectivity index (χ4n) is 5.84. The molecule has 0 unspecified atom stereocenters. The maximum atomic E-state index is 14.0. The van der Waals surface area contributed by atoms with Crippen LogP contribution in [0.5, 0.6) is 0 Å². The molecular formula is C36H32ClN3O2. The zero-order valence-electron chi connectivity index (χ0n) is 23.5. The van der Waals surface area contributed by atoms with Gasteiger partial charge < -0.3 is 14.4 Å². The number of benzene rings is 4. The zero-order valence-corrected chi connectivity index (χ0v) is 24.2. The molecule has 0 spiro atoms. The Bertz CT molecular complexity index is 1650. The summed E-state index contributed by atoms with van der Waals surface area (Å²) < 4.78 is 2.06. The largest absolute Gasteiger partial charge is 0.338 e. The van der Waals surface area contributed by atoms with E-state index in [0.29, 0.717) is 36.8 Å². The molecule has 1 aliphatic heterocycles. The minimum Gasteiger partial charge on any atom is -0.338 e.